The Bertz CT molecular complexity index is 823. The number of nitrogens with zero attached hydrogens (tertiary/aromatic N) is 2. The Morgan fingerprint density at radius 3 is 2.50 bits per heavy atom. The highest BCUT2D eigenvalue weighted by Crippen LogP contribution is 2.30. The van der Waals surface area contributed by atoms with Gasteiger partial charge in [0.25, 0.3) is 0 Å². The van der Waals surface area contributed by atoms with Gasteiger partial charge in [0.15, 0.2) is 0 Å². The van der Waals surface area contributed by atoms with Gasteiger partial charge in [0.05, 0.1) is 11.7 Å². The molecule has 5 nitrogen and oxygen atoms in total. The van der Waals surface area contributed by atoms with Crippen LogP contribution < -0.4 is 4.72 Å². The average Bonchev–Trinajstić information content (AvgIpc) is 3.16. The Morgan fingerprint density at radius 1 is 1.25 bits per heavy atom. The van der Waals surface area contributed by atoms with Crippen molar-refractivity contribution in [1.82, 2.24) is 14.5 Å². The quantitative estimate of drug-likeness (QED) is 0.896. The standard InChI is InChI=1S/C16H19F2N3O2S/c1-11-16(10-21(20-11)12-5-2-3-6-12)24(22,23)19-9-13-14(17)7-4-8-15(13)18/h4,7-8,10,12,19H,2-3,5-6,9H2,1H3. The summed E-state index contributed by atoms with van der Waals surface area (Å²) in [5, 5.41) is 4.30. The van der Waals surface area contributed by atoms with E-state index >= 15 is 0 Å². The Labute approximate surface area is 139 Å². The molecule has 1 heterocycles. The SMILES string of the molecule is Cc1nn(C2CCCC2)cc1S(=O)(=O)NCc1c(F)cccc1F. The zero-order valence-electron chi connectivity index (χ0n) is 13.3. The van der Waals surface area contributed by atoms with Crippen molar-refractivity contribution < 1.29 is 17.2 Å². The molecule has 3 rings (SSSR count). The summed E-state index contributed by atoms with van der Waals surface area (Å²) >= 11 is 0. The van der Waals surface area contributed by atoms with Crippen molar-refractivity contribution in [2.24, 2.45) is 0 Å². The fourth-order valence-corrected chi connectivity index (χ4v) is 4.20. The van der Waals surface area contributed by atoms with Gasteiger partial charge in [0.1, 0.15) is 16.5 Å². The molecule has 1 aromatic heterocycles. The summed E-state index contributed by atoms with van der Waals surface area (Å²) in [4.78, 5) is 0.0474. The predicted octanol–water partition coefficient (Wildman–Crippen LogP) is 3.06. The highest BCUT2D eigenvalue weighted by molar-refractivity contribution is 7.89. The van der Waals surface area contributed by atoms with Crippen LogP contribution in [0.4, 0.5) is 8.78 Å². The zero-order valence-corrected chi connectivity index (χ0v) is 14.1. The second-order valence-corrected chi connectivity index (χ2v) is 7.76. The third-order valence-corrected chi connectivity index (χ3v) is 5.86. The van der Waals surface area contributed by atoms with Crippen LogP contribution in [0.1, 0.15) is 43.0 Å². The lowest BCUT2D eigenvalue weighted by Crippen LogP contribution is -2.24. The number of halogens is 2. The highest BCUT2D eigenvalue weighted by Gasteiger charge is 2.25. The molecular weight excluding hydrogens is 336 g/mol. The Hall–Kier alpha value is -1.80. The van der Waals surface area contributed by atoms with E-state index in [2.05, 4.69) is 9.82 Å². The number of hydrogen-bond acceptors (Lipinski definition) is 3. The van der Waals surface area contributed by atoms with Crippen LogP contribution in [0.15, 0.2) is 29.3 Å². The molecule has 0 bridgehead atoms. The molecule has 0 unspecified atom stereocenters. The molecule has 0 saturated heterocycles. The van der Waals surface area contributed by atoms with E-state index in [1.165, 1.54) is 12.3 Å². The molecule has 0 atom stereocenters. The molecule has 1 aliphatic carbocycles. The summed E-state index contributed by atoms with van der Waals surface area (Å²) in [6, 6.07) is 3.64. The van der Waals surface area contributed by atoms with Crippen molar-refractivity contribution in [3.8, 4) is 0 Å². The van der Waals surface area contributed by atoms with Crippen LogP contribution in [0, 0.1) is 18.6 Å². The van der Waals surface area contributed by atoms with E-state index in [0.717, 1.165) is 37.8 Å². The lowest BCUT2D eigenvalue weighted by Gasteiger charge is -2.09. The van der Waals surface area contributed by atoms with E-state index in [9.17, 15) is 17.2 Å². The number of aryl methyl sites for hydroxylation is 1. The first kappa shape index (κ1) is 17.0. The van der Waals surface area contributed by atoms with Gasteiger partial charge in [0, 0.05) is 18.3 Å². The van der Waals surface area contributed by atoms with Crippen LogP contribution in [0.2, 0.25) is 0 Å². The summed E-state index contributed by atoms with van der Waals surface area (Å²) in [6.45, 7) is 1.17. The third-order valence-electron chi connectivity index (χ3n) is 4.36. The minimum Gasteiger partial charge on any atom is -0.268 e. The average molecular weight is 355 g/mol. The maximum Gasteiger partial charge on any atom is 0.244 e. The second kappa shape index (κ2) is 6.60. The molecule has 8 heteroatoms. The van der Waals surface area contributed by atoms with Gasteiger partial charge in [-0.05, 0) is 31.9 Å². The van der Waals surface area contributed by atoms with Crippen molar-refractivity contribution >= 4 is 10.0 Å². The van der Waals surface area contributed by atoms with Gasteiger partial charge in [-0.3, -0.25) is 4.68 Å². The molecule has 24 heavy (non-hydrogen) atoms. The first-order chi connectivity index (χ1) is 11.4. The molecule has 0 amide bonds. The molecule has 1 aromatic carbocycles. The Morgan fingerprint density at radius 2 is 1.88 bits per heavy atom. The van der Waals surface area contributed by atoms with Gasteiger partial charge < -0.3 is 0 Å². The normalized spacial score (nSPS) is 16.0. The van der Waals surface area contributed by atoms with Gasteiger partial charge in [-0.25, -0.2) is 21.9 Å². The molecule has 1 aliphatic rings. The molecular formula is C16H19F2N3O2S. The molecule has 0 spiro atoms. The van der Waals surface area contributed by atoms with Gasteiger partial charge in [0.2, 0.25) is 10.0 Å². The largest absolute Gasteiger partial charge is 0.268 e. The van der Waals surface area contributed by atoms with E-state index in [1.807, 2.05) is 0 Å². The summed E-state index contributed by atoms with van der Waals surface area (Å²) in [5.74, 6) is -1.56. The maximum atomic E-state index is 13.6. The van der Waals surface area contributed by atoms with Crippen LogP contribution in [0.25, 0.3) is 0 Å². The minimum atomic E-state index is -3.90. The lowest BCUT2D eigenvalue weighted by molar-refractivity contribution is 0.464. The van der Waals surface area contributed by atoms with Crippen LogP contribution in [0.5, 0.6) is 0 Å². The summed E-state index contributed by atoms with van der Waals surface area (Å²) < 4.78 is 56.1. The van der Waals surface area contributed by atoms with E-state index in [-0.39, 0.29) is 16.5 Å². The van der Waals surface area contributed by atoms with Crippen molar-refractivity contribution in [3.63, 3.8) is 0 Å². The molecule has 0 aliphatic heterocycles. The zero-order chi connectivity index (χ0) is 17.3. The molecule has 130 valence electrons. The van der Waals surface area contributed by atoms with Crippen LogP contribution >= 0.6 is 0 Å². The van der Waals surface area contributed by atoms with Gasteiger partial charge >= 0.3 is 0 Å². The van der Waals surface area contributed by atoms with Crippen molar-refractivity contribution in [3.05, 3.63) is 47.3 Å². The number of rotatable bonds is 5. The number of nitrogens with one attached hydrogen (secondary N) is 1. The van der Waals surface area contributed by atoms with Gasteiger partial charge in [-0.2, -0.15) is 5.10 Å². The lowest BCUT2D eigenvalue weighted by atomic mass is 10.2. The summed E-state index contributed by atoms with van der Waals surface area (Å²) in [5.41, 5.74) is 0.0744. The fraction of sp³-hybridized carbons (Fsp3) is 0.438. The number of hydrogen-bond donors (Lipinski definition) is 1. The molecule has 1 N–H and O–H groups in total. The first-order valence-corrected chi connectivity index (χ1v) is 9.35. The van der Waals surface area contributed by atoms with E-state index in [0.29, 0.717) is 5.69 Å². The van der Waals surface area contributed by atoms with Crippen molar-refractivity contribution in [2.75, 3.05) is 0 Å². The monoisotopic (exact) mass is 355 g/mol. The molecule has 1 saturated carbocycles. The van der Waals surface area contributed by atoms with Gasteiger partial charge in [-0.15, -0.1) is 0 Å². The third kappa shape index (κ3) is 3.34. The molecule has 2 aromatic rings. The summed E-state index contributed by atoms with van der Waals surface area (Å²) in [6.07, 6.45) is 5.68. The second-order valence-electron chi connectivity index (χ2n) is 6.02. The van der Waals surface area contributed by atoms with E-state index < -0.39 is 28.2 Å². The number of sulfonamides is 1. The molecule has 1 fully saturated rings. The maximum absolute atomic E-state index is 13.6. The van der Waals surface area contributed by atoms with Crippen LogP contribution in [-0.4, -0.2) is 18.2 Å². The van der Waals surface area contributed by atoms with Crippen molar-refractivity contribution in [1.29, 1.82) is 0 Å². The van der Waals surface area contributed by atoms with Crippen LogP contribution in [-0.2, 0) is 16.6 Å². The summed E-state index contributed by atoms with van der Waals surface area (Å²) in [7, 11) is -3.90. The number of aromatic nitrogens is 2. The first-order valence-electron chi connectivity index (χ1n) is 7.87. The smallest absolute Gasteiger partial charge is 0.244 e. The van der Waals surface area contributed by atoms with Gasteiger partial charge in [-0.1, -0.05) is 18.9 Å². The van der Waals surface area contributed by atoms with Crippen LogP contribution in [0.3, 0.4) is 0 Å². The topological polar surface area (TPSA) is 64.0 Å². The predicted molar refractivity (Wildman–Crippen MR) is 84.9 cm³/mol. The Balaban J connectivity index is 1.80. The van der Waals surface area contributed by atoms with E-state index in [1.54, 1.807) is 11.6 Å². The highest BCUT2D eigenvalue weighted by atomic mass is 32.2. The number of benzene rings is 1. The van der Waals surface area contributed by atoms with Crippen molar-refractivity contribution in [2.45, 2.75) is 50.1 Å². The fourth-order valence-electron chi connectivity index (χ4n) is 3.03. The Kier molecular flexibility index (Phi) is 4.69. The molecule has 0 radical (unpaired) electrons. The van der Waals surface area contributed by atoms with E-state index in [4.69, 9.17) is 0 Å². The minimum absolute atomic E-state index is 0.0474.